The van der Waals surface area contributed by atoms with Crippen LogP contribution in [0.5, 0.6) is 0 Å². The molecule has 0 fully saturated rings. The minimum atomic E-state index is 1.28. The second kappa shape index (κ2) is 8.85. The Morgan fingerprint density at radius 2 is 1.50 bits per heavy atom. The molecule has 0 bridgehead atoms. The second-order valence-corrected chi connectivity index (χ2v) is 3.55. The number of hydrogen-bond donors (Lipinski definition) is 0. The molecule has 0 heterocycles. The zero-order chi connectivity index (χ0) is 9.23. The fourth-order valence-electron chi connectivity index (χ4n) is 0.714. The molecule has 0 aliphatic carbocycles. The minimum absolute atomic E-state index is 1.28. The standard InChI is InChI=1S/C7H7.C4H10.Al.2H/c1-7-5-3-2-4-6-7;1-3-4-2;;;/h2-6H,1H2;3-4H2,1-2H3;;;. The first kappa shape index (κ1) is 11.8. The van der Waals surface area contributed by atoms with Gasteiger partial charge >= 0.3 is 0 Å². The fraction of sp³-hybridized carbons (Fsp3) is 0.455. The molecule has 1 aromatic rings. The van der Waals surface area contributed by atoms with Gasteiger partial charge in [-0.05, 0) is 0 Å². The highest BCUT2D eigenvalue weighted by atomic mass is 27.0. The maximum Gasteiger partial charge on any atom is 0.218 e. The number of rotatable bonds is 2. The smallest absolute Gasteiger partial charge is 0.0775 e. The van der Waals surface area contributed by atoms with Crippen molar-refractivity contribution in [3.05, 3.63) is 35.9 Å². The predicted molar refractivity (Wildman–Crippen MR) is 59.3 cm³/mol. The Balaban J connectivity index is 0.000000261. The summed E-state index contributed by atoms with van der Waals surface area (Å²) in [6, 6.07) is 10.6. The Kier molecular flexibility index (Phi) is 8.66. The largest absolute Gasteiger partial charge is 0.218 e. The molecule has 0 saturated carbocycles. The predicted octanol–water partition coefficient (Wildman–Crippen LogP) is 2.63. The summed E-state index contributed by atoms with van der Waals surface area (Å²) in [6.07, 6.45) is 2.64. The van der Waals surface area contributed by atoms with E-state index >= 15 is 0 Å². The molecule has 1 aromatic carbocycles. The molecule has 0 aliphatic rings. The van der Waals surface area contributed by atoms with Gasteiger partial charge in [0.2, 0.25) is 16.3 Å². The zero-order valence-corrected chi connectivity index (χ0v) is 10.5. The van der Waals surface area contributed by atoms with Crippen LogP contribution in [0.3, 0.4) is 0 Å². The summed E-state index contributed by atoms with van der Waals surface area (Å²) in [5, 5.41) is 1.28. The number of benzene rings is 1. The minimum Gasteiger partial charge on any atom is -0.0775 e. The maximum absolute atomic E-state index is 2.18. The van der Waals surface area contributed by atoms with Crippen LogP contribution in [0.2, 0.25) is 0 Å². The van der Waals surface area contributed by atoms with E-state index in [0.717, 1.165) is 0 Å². The van der Waals surface area contributed by atoms with Crippen LogP contribution in [0.15, 0.2) is 30.3 Å². The van der Waals surface area contributed by atoms with Gasteiger partial charge in [0.1, 0.15) is 0 Å². The molecule has 0 N–H and O–H groups in total. The number of hydrogen-bond acceptors (Lipinski definition) is 0. The van der Waals surface area contributed by atoms with Crippen LogP contribution in [0.1, 0.15) is 32.3 Å². The van der Waals surface area contributed by atoms with Crippen LogP contribution in [0.4, 0.5) is 0 Å². The van der Waals surface area contributed by atoms with Crippen molar-refractivity contribution < 1.29 is 0 Å². The van der Waals surface area contributed by atoms with E-state index in [4.69, 9.17) is 0 Å². The normalized spacial score (nSPS) is 8.50. The van der Waals surface area contributed by atoms with Crippen LogP contribution in [-0.2, 0) is 5.28 Å². The summed E-state index contributed by atoms with van der Waals surface area (Å²) < 4.78 is 0. The van der Waals surface area contributed by atoms with E-state index in [9.17, 15) is 0 Å². The quantitative estimate of drug-likeness (QED) is 0.611. The van der Waals surface area contributed by atoms with Crippen LogP contribution in [0.25, 0.3) is 0 Å². The molecule has 0 amide bonds. The van der Waals surface area contributed by atoms with Gasteiger partial charge in [-0.15, -0.1) is 0 Å². The summed E-state index contributed by atoms with van der Waals surface area (Å²) in [5.41, 5.74) is 1.47. The highest BCUT2D eigenvalue weighted by molar-refractivity contribution is 6.08. The van der Waals surface area contributed by atoms with Crippen molar-refractivity contribution in [2.24, 2.45) is 0 Å². The molecule has 0 aromatic heterocycles. The van der Waals surface area contributed by atoms with Gasteiger partial charge < -0.3 is 0 Å². The van der Waals surface area contributed by atoms with Gasteiger partial charge in [0.15, 0.2) is 0 Å². The Hall–Kier alpha value is -0.248. The van der Waals surface area contributed by atoms with E-state index in [-0.39, 0.29) is 0 Å². The molecule has 0 spiro atoms. The molecule has 0 nitrogen and oxygen atoms in total. The van der Waals surface area contributed by atoms with Crippen molar-refractivity contribution in [1.29, 1.82) is 0 Å². The third-order valence-corrected chi connectivity index (χ3v) is 2.57. The van der Waals surface area contributed by atoms with E-state index in [2.05, 4.69) is 44.2 Å². The van der Waals surface area contributed by atoms with Gasteiger partial charge in [-0.2, -0.15) is 0 Å². The van der Waals surface area contributed by atoms with E-state index < -0.39 is 0 Å². The lowest BCUT2D eigenvalue weighted by Gasteiger charge is -1.89. The van der Waals surface area contributed by atoms with Crippen molar-refractivity contribution in [2.75, 3.05) is 0 Å². The highest BCUT2D eigenvalue weighted by Gasteiger charge is 1.80. The Morgan fingerprint density at radius 3 is 1.75 bits per heavy atom. The molecule has 1 heteroatoms. The lowest BCUT2D eigenvalue weighted by atomic mass is 10.2. The topological polar surface area (TPSA) is 0 Å². The van der Waals surface area contributed by atoms with Gasteiger partial charge in [-0.25, -0.2) is 0 Å². The first-order valence-corrected chi connectivity index (χ1v) is 6.30. The van der Waals surface area contributed by atoms with Crippen LogP contribution < -0.4 is 0 Å². The Labute approximate surface area is 84.4 Å². The van der Waals surface area contributed by atoms with Crippen molar-refractivity contribution in [1.82, 2.24) is 0 Å². The molecule has 12 heavy (non-hydrogen) atoms. The van der Waals surface area contributed by atoms with Gasteiger partial charge in [0.25, 0.3) is 0 Å². The molecule has 0 aliphatic heterocycles. The average Bonchev–Trinajstić information content (AvgIpc) is 2.19. The number of unbranched alkanes of at least 4 members (excludes halogenated alkanes) is 1. The van der Waals surface area contributed by atoms with Gasteiger partial charge in [-0.3, -0.25) is 0 Å². The molecule has 66 valence electrons. The zero-order valence-electron chi connectivity index (χ0n) is 8.51. The third kappa shape index (κ3) is 6.46. The summed E-state index contributed by atoms with van der Waals surface area (Å²) in [5.74, 6) is 0. The first-order chi connectivity index (χ1) is 5.85. The van der Waals surface area contributed by atoms with Crippen LogP contribution >= 0.6 is 0 Å². The molecular weight excluding hydrogens is 159 g/mol. The van der Waals surface area contributed by atoms with Crippen LogP contribution in [-0.4, -0.2) is 16.3 Å². The van der Waals surface area contributed by atoms with Crippen molar-refractivity contribution in [3.63, 3.8) is 0 Å². The van der Waals surface area contributed by atoms with E-state index in [1.165, 1.54) is 40.0 Å². The van der Waals surface area contributed by atoms with E-state index in [0.29, 0.717) is 0 Å². The maximum atomic E-state index is 2.18. The van der Waals surface area contributed by atoms with Gasteiger partial charge in [-0.1, -0.05) is 67.9 Å². The SMILES string of the molecule is CCCC.[AlH2][CH2]c1ccccc1. The van der Waals surface area contributed by atoms with Crippen LogP contribution in [0, 0.1) is 0 Å². The lowest BCUT2D eigenvalue weighted by molar-refractivity contribution is 0.886. The highest BCUT2D eigenvalue weighted by Crippen LogP contribution is 1.95. The molecular formula is C11H19Al. The molecule has 0 radical (unpaired) electrons. The van der Waals surface area contributed by atoms with Gasteiger partial charge in [0, 0.05) is 0 Å². The molecule has 1 rings (SSSR count). The first-order valence-electron chi connectivity index (χ1n) is 4.89. The van der Waals surface area contributed by atoms with Crippen molar-refractivity contribution in [2.45, 2.75) is 32.0 Å². The van der Waals surface area contributed by atoms with Crippen molar-refractivity contribution >= 4 is 16.3 Å². The summed E-state index contributed by atoms with van der Waals surface area (Å²) >= 11 is 1.28. The molecule has 0 unspecified atom stereocenters. The van der Waals surface area contributed by atoms with E-state index in [1.807, 2.05) is 0 Å². The van der Waals surface area contributed by atoms with Gasteiger partial charge in [0.05, 0.1) is 0 Å². The summed E-state index contributed by atoms with van der Waals surface area (Å²) in [6.45, 7) is 4.36. The third-order valence-electron chi connectivity index (χ3n) is 1.75. The van der Waals surface area contributed by atoms with E-state index in [1.54, 1.807) is 0 Å². The Bertz CT molecular complexity index is 168. The fourth-order valence-corrected chi connectivity index (χ4v) is 1.19. The lowest BCUT2D eigenvalue weighted by Crippen LogP contribution is -1.78. The monoisotopic (exact) mass is 178 g/mol. The second-order valence-electron chi connectivity index (χ2n) is 2.84. The Morgan fingerprint density at radius 1 is 1.00 bits per heavy atom. The molecule has 0 saturated heterocycles. The van der Waals surface area contributed by atoms with Crippen molar-refractivity contribution in [3.8, 4) is 0 Å². The molecule has 0 atom stereocenters. The average molecular weight is 178 g/mol. The summed E-state index contributed by atoms with van der Waals surface area (Å²) in [4.78, 5) is 0. The summed E-state index contributed by atoms with van der Waals surface area (Å²) in [7, 11) is 0.